The molecule has 0 radical (unpaired) electrons. The quantitative estimate of drug-likeness (QED) is 0.823. The molecule has 0 aliphatic carbocycles. The van der Waals surface area contributed by atoms with Gasteiger partial charge in [0.25, 0.3) is 0 Å². The number of fused-ring (bicyclic) bond motifs is 1. The van der Waals surface area contributed by atoms with Crippen molar-refractivity contribution in [3.8, 4) is 0 Å². The molecule has 1 atom stereocenters. The van der Waals surface area contributed by atoms with E-state index in [9.17, 15) is 9.18 Å². The molecular weight excluding hydrogens is 300 g/mol. The van der Waals surface area contributed by atoms with Crippen LogP contribution in [0, 0.1) is 5.82 Å². The van der Waals surface area contributed by atoms with Gasteiger partial charge in [-0.05, 0) is 41.0 Å². The summed E-state index contributed by atoms with van der Waals surface area (Å²) in [6, 6.07) is 9.50. The fraction of sp³-hybridized carbons (Fsp3) is 0.133. The topological polar surface area (TPSA) is 29.1 Å². The maximum Gasteiger partial charge on any atom is 0.228 e. The molecule has 1 heterocycles. The highest BCUT2D eigenvalue weighted by molar-refractivity contribution is 6.33. The first-order valence-corrected chi connectivity index (χ1v) is 6.88. The predicted molar refractivity (Wildman–Crippen MR) is 77.9 cm³/mol. The fourth-order valence-corrected chi connectivity index (χ4v) is 2.93. The number of carbonyl (C=O) groups is 1. The molecule has 2 aromatic carbocycles. The minimum atomic E-state index is -0.482. The summed E-state index contributed by atoms with van der Waals surface area (Å²) < 4.78 is 12.9. The van der Waals surface area contributed by atoms with Crippen LogP contribution in [-0.4, -0.2) is 5.91 Å². The Morgan fingerprint density at radius 3 is 2.60 bits per heavy atom. The minimum absolute atomic E-state index is 0.0545. The van der Waals surface area contributed by atoms with E-state index in [4.69, 9.17) is 23.2 Å². The standard InChI is InChI=1S/C15H10Cl2FNO/c16-12-7-13-9(6-14(20)19-13)5-11(12)15(17)8-1-3-10(18)4-2-8/h1-5,7,15H,6H2,(H,19,20). The summed E-state index contributed by atoms with van der Waals surface area (Å²) in [7, 11) is 0. The van der Waals surface area contributed by atoms with Crippen molar-refractivity contribution in [2.45, 2.75) is 11.8 Å². The number of hydrogen-bond acceptors (Lipinski definition) is 1. The van der Waals surface area contributed by atoms with Crippen LogP contribution < -0.4 is 5.32 Å². The first-order chi connectivity index (χ1) is 9.54. The molecule has 0 saturated heterocycles. The second-order valence-electron chi connectivity index (χ2n) is 4.67. The van der Waals surface area contributed by atoms with E-state index < -0.39 is 5.38 Å². The van der Waals surface area contributed by atoms with Crippen molar-refractivity contribution in [3.63, 3.8) is 0 Å². The van der Waals surface area contributed by atoms with Gasteiger partial charge in [-0.2, -0.15) is 0 Å². The Hall–Kier alpha value is -1.58. The van der Waals surface area contributed by atoms with Crippen LogP contribution >= 0.6 is 23.2 Å². The van der Waals surface area contributed by atoms with Crippen LogP contribution in [0.2, 0.25) is 5.02 Å². The predicted octanol–water partition coefficient (Wildman–Crippen LogP) is 4.30. The summed E-state index contributed by atoms with van der Waals surface area (Å²) >= 11 is 12.6. The number of amides is 1. The number of carbonyl (C=O) groups excluding carboxylic acids is 1. The molecule has 0 saturated carbocycles. The molecule has 2 nitrogen and oxygen atoms in total. The molecule has 1 N–H and O–H groups in total. The second kappa shape index (κ2) is 5.08. The highest BCUT2D eigenvalue weighted by atomic mass is 35.5. The third-order valence-corrected chi connectivity index (χ3v) is 4.10. The van der Waals surface area contributed by atoms with E-state index in [2.05, 4.69) is 5.32 Å². The molecule has 1 aliphatic rings. The lowest BCUT2D eigenvalue weighted by Crippen LogP contribution is -2.03. The normalized spacial score (nSPS) is 14.8. The number of alkyl halides is 1. The van der Waals surface area contributed by atoms with Crippen molar-refractivity contribution in [1.29, 1.82) is 0 Å². The van der Waals surface area contributed by atoms with Crippen LogP contribution in [0.1, 0.15) is 22.1 Å². The Morgan fingerprint density at radius 1 is 1.20 bits per heavy atom. The van der Waals surface area contributed by atoms with Crippen LogP contribution in [0.15, 0.2) is 36.4 Å². The molecule has 1 unspecified atom stereocenters. The second-order valence-corrected chi connectivity index (χ2v) is 5.51. The third kappa shape index (κ3) is 2.39. The number of rotatable bonds is 2. The Balaban J connectivity index is 2.00. The molecule has 0 aromatic heterocycles. The first kappa shape index (κ1) is 13.4. The highest BCUT2D eigenvalue weighted by Crippen LogP contribution is 2.38. The van der Waals surface area contributed by atoms with Gasteiger partial charge in [0.15, 0.2) is 0 Å². The summed E-state index contributed by atoms with van der Waals surface area (Å²) in [5, 5.41) is 2.73. The van der Waals surface area contributed by atoms with Gasteiger partial charge in [-0.3, -0.25) is 4.79 Å². The highest BCUT2D eigenvalue weighted by Gasteiger charge is 2.22. The number of hydrogen-bond donors (Lipinski definition) is 1. The van der Waals surface area contributed by atoms with Crippen LogP contribution in [0.4, 0.5) is 10.1 Å². The molecule has 1 amide bonds. The molecule has 0 fully saturated rings. The van der Waals surface area contributed by atoms with E-state index >= 15 is 0 Å². The molecule has 0 spiro atoms. The van der Waals surface area contributed by atoms with Crippen LogP contribution in [0.3, 0.4) is 0 Å². The Morgan fingerprint density at radius 2 is 1.90 bits per heavy atom. The van der Waals surface area contributed by atoms with E-state index in [0.717, 1.165) is 22.4 Å². The van der Waals surface area contributed by atoms with Crippen molar-refractivity contribution in [1.82, 2.24) is 0 Å². The lowest BCUT2D eigenvalue weighted by Gasteiger charge is -2.14. The van der Waals surface area contributed by atoms with E-state index in [1.807, 2.05) is 6.07 Å². The number of anilines is 1. The zero-order chi connectivity index (χ0) is 14.3. The summed E-state index contributed by atoms with van der Waals surface area (Å²) in [6.45, 7) is 0. The molecule has 5 heteroatoms. The lowest BCUT2D eigenvalue weighted by molar-refractivity contribution is -0.115. The molecule has 3 rings (SSSR count). The van der Waals surface area contributed by atoms with E-state index in [-0.39, 0.29) is 11.7 Å². The summed E-state index contributed by atoms with van der Waals surface area (Å²) in [6.07, 6.45) is 0.326. The maximum absolute atomic E-state index is 12.9. The van der Waals surface area contributed by atoms with Crippen molar-refractivity contribution in [3.05, 3.63) is 63.9 Å². The Bertz CT molecular complexity index is 685. The maximum atomic E-state index is 12.9. The van der Waals surface area contributed by atoms with Crippen LogP contribution in [0.25, 0.3) is 0 Å². The minimum Gasteiger partial charge on any atom is -0.325 e. The van der Waals surface area contributed by atoms with Gasteiger partial charge >= 0.3 is 0 Å². The van der Waals surface area contributed by atoms with Crippen molar-refractivity contribution >= 4 is 34.8 Å². The Kier molecular flexibility index (Phi) is 3.40. The van der Waals surface area contributed by atoms with Crippen LogP contribution in [0.5, 0.6) is 0 Å². The van der Waals surface area contributed by atoms with E-state index in [1.165, 1.54) is 12.1 Å². The molecule has 0 bridgehead atoms. The summed E-state index contributed by atoms with van der Waals surface area (Å²) in [5.74, 6) is -0.367. The zero-order valence-electron chi connectivity index (χ0n) is 10.3. The van der Waals surface area contributed by atoms with E-state index in [0.29, 0.717) is 11.4 Å². The van der Waals surface area contributed by atoms with Crippen LogP contribution in [-0.2, 0) is 11.2 Å². The van der Waals surface area contributed by atoms with Gasteiger partial charge in [-0.15, -0.1) is 11.6 Å². The number of benzene rings is 2. The fourth-order valence-electron chi connectivity index (χ4n) is 2.27. The zero-order valence-corrected chi connectivity index (χ0v) is 11.8. The average Bonchev–Trinajstić information content (AvgIpc) is 2.77. The third-order valence-electron chi connectivity index (χ3n) is 3.28. The molecule has 2 aromatic rings. The monoisotopic (exact) mass is 309 g/mol. The Labute approximate surface area is 125 Å². The van der Waals surface area contributed by atoms with Gasteiger partial charge in [-0.1, -0.05) is 23.7 Å². The van der Waals surface area contributed by atoms with Crippen molar-refractivity contribution in [2.24, 2.45) is 0 Å². The van der Waals surface area contributed by atoms with Crippen molar-refractivity contribution in [2.75, 3.05) is 5.32 Å². The lowest BCUT2D eigenvalue weighted by atomic mass is 10.0. The number of nitrogens with one attached hydrogen (secondary N) is 1. The summed E-state index contributed by atoms with van der Waals surface area (Å²) in [5.41, 5.74) is 3.08. The van der Waals surface area contributed by atoms with Gasteiger partial charge in [0.1, 0.15) is 5.82 Å². The molecule has 20 heavy (non-hydrogen) atoms. The van der Waals surface area contributed by atoms with Gasteiger partial charge in [0.05, 0.1) is 11.8 Å². The van der Waals surface area contributed by atoms with Crippen molar-refractivity contribution < 1.29 is 9.18 Å². The molecular formula is C15H10Cl2FNO. The largest absolute Gasteiger partial charge is 0.325 e. The SMILES string of the molecule is O=C1Cc2cc(C(Cl)c3ccc(F)cc3)c(Cl)cc2N1. The van der Waals surface area contributed by atoms with Gasteiger partial charge in [-0.25, -0.2) is 4.39 Å². The average molecular weight is 310 g/mol. The number of halogens is 3. The molecule has 102 valence electrons. The van der Waals surface area contributed by atoms with Gasteiger partial charge < -0.3 is 5.32 Å². The van der Waals surface area contributed by atoms with E-state index in [1.54, 1.807) is 18.2 Å². The van der Waals surface area contributed by atoms with Gasteiger partial charge in [0, 0.05) is 10.7 Å². The summed E-state index contributed by atoms with van der Waals surface area (Å²) in [4.78, 5) is 11.4. The van der Waals surface area contributed by atoms with Gasteiger partial charge in [0.2, 0.25) is 5.91 Å². The first-order valence-electron chi connectivity index (χ1n) is 6.06. The smallest absolute Gasteiger partial charge is 0.228 e. The molecule has 1 aliphatic heterocycles.